The van der Waals surface area contributed by atoms with Gasteiger partial charge in [0.1, 0.15) is 5.75 Å². The minimum absolute atomic E-state index is 0.0277. The Kier molecular flexibility index (Phi) is 7.32. The van der Waals surface area contributed by atoms with Crippen molar-refractivity contribution in [2.75, 3.05) is 11.9 Å². The number of amides is 1. The molecule has 0 unspecified atom stereocenters. The van der Waals surface area contributed by atoms with Crippen LogP contribution in [-0.2, 0) is 17.6 Å². The zero-order valence-electron chi connectivity index (χ0n) is 14.3. The van der Waals surface area contributed by atoms with Crippen molar-refractivity contribution in [1.29, 1.82) is 0 Å². The van der Waals surface area contributed by atoms with Crippen LogP contribution in [0.15, 0.2) is 46.9 Å². The maximum Gasteiger partial charge on any atom is 0.224 e. The van der Waals surface area contributed by atoms with E-state index in [1.165, 1.54) is 5.56 Å². The minimum Gasteiger partial charge on any atom is -0.492 e. The molecule has 0 spiro atoms. The molecule has 0 atom stereocenters. The van der Waals surface area contributed by atoms with E-state index in [1.54, 1.807) is 0 Å². The number of ether oxygens (including phenoxy) is 1. The van der Waals surface area contributed by atoms with E-state index in [0.717, 1.165) is 34.3 Å². The summed E-state index contributed by atoms with van der Waals surface area (Å²) in [5.41, 5.74) is 3.33. The molecule has 1 amide bonds. The Labute approximate surface area is 152 Å². The highest BCUT2D eigenvalue weighted by Gasteiger charge is 2.06. The molecule has 0 aliphatic carbocycles. The number of carbonyl (C=O) groups is 1. The van der Waals surface area contributed by atoms with Crippen LogP contribution in [0.4, 0.5) is 5.69 Å². The SMILES string of the molecule is CCc1ccc(OCCCC(=O)Nc2ccccc2CC)c(Br)c1. The van der Waals surface area contributed by atoms with Crippen LogP contribution in [0.2, 0.25) is 0 Å². The molecule has 2 rings (SSSR count). The van der Waals surface area contributed by atoms with Crippen LogP contribution >= 0.6 is 15.9 Å². The highest BCUT2D eigenvalue weighted by atomic mass is 79.9. The van der Waals surface area contributed by atoms with Crippen LogP contribution in [0.5, 0.6) is 5.75 Å². The summed E-state index contributed by atoms with van der Waals surface area (Å²) in [5.74, 6) is 0.851. The molecular weight excluding hydrogens is 366 g/mol. The zero-order valence-corrected chi connectivity index (χ0v) is 15.9. The van der Waals surface area contributed by atoms with Crippen molar-refractivity contribution in [3.05, 3.63) is 58.1 Å². The van der Waals surface area contributed by atoms with E-state index in [9.17, 15) is 4.79 Å². The number of carbonyl (C=O) groups excluding carboxylic acids is 1. The number of benzene rings is 2. The van der Waals surface area contributed by atoms with E-state index >= 15 is 0 Å². The lowest BCUT2D eigenvalue weighted by Crippen LogP contribution is -2.14. The molecule has 3 nitrogen and oxygen atoms in total. The van der Waals surface area contributed by atoms with Gasteiger partial charge in [-0.05, 0) is 64.5 Å². The summed E-state index contributed by atoms with van der Waals surface area (Å²) in [6.07, 6.45) is 3.03. The van der Waals surface area contributed by atoms with Gasteiger partial charge in [-0.15, -0.1) is 0 Å². The average Bonchev–Trinajstić information content (AvgIpc) is 2.60. The first-order valence-electron chi connectivity index (χ1n) is 8.43. The Balaban J connectivity index is 1.77. The average molecular weight is 390 g/mol. The third kappa shape index (κ3) is 5.38. The Morgan fingerprint density at radius 3 is 2.62 bits per heavy atom. The summed E-state index contributed by atoms with van der Waals surface area (Å²) in [6.45, 7) is 4.73. The summed E-state index contributed by atoms with van der Waals surface area (Å²) < 4.78 is 6.72. The Morgan fingerprint density at radius 2 is 1.92 bits per heavy atom. The third-order valence-electron chi connectivity index (χ3n) is 3.88. The quantitative estimate of drug-likeness (QED) is 0.616. The number of para-hydroxylation sites is 1. The van der Waals surface area contributed by atoms with E-state index in [4.69, 9.17) is 4.74 Å². The van der Waals surface area contributed by atoms with E-state index in [2.05, 4.69) is 47.2 Å². The number of rotatable bonds is 8. The molecule has 0 radical (unpaired) electrons. The van der Waals surface area contributed by atoms with Gasteiger partial charge in [0.15, 0.2) is 0 Å². The smallest absolute Gasteiger partial charge is 0.224 e. The zero-order chi connectivity index (χ0) is 17.4. The standard InChI is InChI=1S/C20H24BrNO2/c1-3-15-11-12-19(17(21)14-15)24-13-7-10-20(23)22-18-9-6-5-8-16(18)4-2/h5-6,8-9,11-12,14H,3-4,7,10,13H2,1-2H3,(H,22,23). The lowest BCUT2D eigenvalue weighted by Gasteiger charge is -2.11. The fourth-order valence-corrected chi connectivity index (χ4v) is 3.00. The molecule has 24 heavy (non-hydrogen) atoms. The normalized spacial score (nSPS) is 10.5. The van der Waals surface area contributed by atoms with E-state index in [1.807, 2.05) is 30.3 Å². The van der Waals surface area contributed by atoms with Crippen molar-refractivity contribution >= 4 is 27.5 Å². The fourth-order valence-electron chi connectivity index (χ4n) is 2.46. The molecule has 1 N–H and O–H groups in total. The number of halogens is 1. The molecule has 4 heteroatoms. The van der Waals surface area contributed by atoms with Crippen molar-refractivity contribution in [1.82, 2.24) is 0 Å². The second kappa shape index (κ2) is 9.48. The van der Waals surface area contributed by atoms with Crippen molar-refractivity contribution in [2.45, 2.75) is 39.5 Å². The number of anilines is 1. The van der Waals surface area contributed by atoms with E-state index in [-0.39, 0.29) is 5.91 Å². The first-order valence-corrected chi connectivity index (χ1v) is 9.22. The van der Waals surface area contributed by atoms with Crippen LogP contribution in [-0.4, -0.2) is 12.5 Å². The predicted octanol–water partition coefficient (Wildman–Crippen LogP) is 5.37. The molecule has 0 bridgehead atoms. The highest BCUT2D eigenvalue weighted by molar-refractivity contribution is 9.10. The lowest BCUT2D eigenvalue weighted by molar-refractivity contribution is -0.116. The monoisotopic (exact) mass is 389 g/mol. The van der Waals surface area contributed by atoms with Gasteiger partial charge in [0.25, 0.3) is 0 Å². The van der Waals surface area contributed by atoms with Gasteiger partial charge < -0.3 is 10.1 Å². The van der Waals surface area contributed by atoms with E-state index in [0.29, 0.717) is 19.4 Å². The Bertz CT molecular complexity index is 685. The molecule has 0 aliphatic rings. The summed E-state index contributed by atoms with van der Waals surface area (Å²) in [7, 11) is 0. The van der Waals surface area contributed by atoms with Crippen molar-refractivity contribution in [3.8, 4) is 5.75 Å². The Hall–Kier alpha value is -1.81. The molecule has 0 aliphatic heterocycles. The molecule has 2 aromatic carbocycles. The number of hydrogen-bond donors (Lipinski definition) is 1. The number of nitrogens with one attached hydrogen (secondary N) is 1. The summed E-state index contributed by atoms with van der Waals surface area (Å²) in [4.78, 5) is 12.1. The molecule has 0 aromatic heterocycles. The lowest BCUT2D eigenvalue weighted by atomic mass is 10.1. The van der Waals surface area contributed by atoms with Crippen LogP contribution in [0.25, 0.3) is 0 Å². The van der Waals surface area contributed by atoms with Crippen LogP contribution in [0.3, 0.4) is 0 Å². The minimum atomic E-state index is 0.0277. The van der Waals surface area contributed by atoms with Crippen LogP contribution in [0, 0.1) is 0 Å². The van der Waals surface area contributed by atoms with Gasteiger partial charge >= 0.3 is 0 Å². The molecule has 0 heterocycles. The van der Waals surface area contributed by atoms with Crippen molar-refractivity contribution in [2.24, 2.45) is 0 Å². The first-order chi connectivity index (χ1) is 11.6. The number of aryl methyl sites for hydroxylation is 2. The van der Waals surface area contributed by atoms with Crippen molar-refractivity contribution < 1.29 is 9.53 Å². The highest BCUT2D eigenvalue weighted by Crippen LogP contribution is 2.26. The van der Waals surface area contributed by atoms with Gasteiger partial charge in [0, 0.05) is 12.1 Å². The van der Waals surface area contributed by atoms with Gasteiger partial charge in [-0.1, -0.05) is 38.1 Å². The molecule has 0 fully saturated rings. The fraction of sp³-hybridized carbons (Fsp3) is 0.350. The number of hydrogen-bond acceptors (Lipinski definition) is 2. The molecule has 0 saturated heterocycles. The van der Waals surface area contributed by atoms with Gasteiger partial charge in [-0.3, -0.25) is 4.79 Å². The second-order valence-electron chi connectivity index (χ2n) is 5.63. The van der Waals surface area contributed by atoms with Gasteiger partial charge in [-0.25, -0.2) is 0 Å². The molecule has 128 valence electrons. The van der Waals surface area contributed by atoms with Gasteiger partial charge in [0.2, 0.25) is 5.91 Å². The summed E-state index contributed by atoms with van der Waals surface area (Å²) in [5, 5.41) is 2.98. The molecule has 2 aromatic rings. The first kappa shape index (κ1) is 18.5. The summed E-state index contributed by atoms with van der Waals surface area (Å²) in [6, 6.07) is 14.0. The predicted molar refractivity (Wildman–Crippen MR) is 103 cm³/mol. The van der Waals surface area contributed by atoms with Gasteiger partial charge in [-0.2, -0.15) is 0 Å². The van der Waals surface area contributed by atoms with Gasteiger partial charge in [0.05, 0.1) is 11.1 Å². The largest absolute Gasteiger partial charge is 0.492 e. The molecular formula is C20H24BrNO2. The third-order valence-corrected chi connectivity index (χ3v) is 4.50. The van der Waals surface area contributed by atoms with Crippen molar-refractivity contribution in [3.63, 3.8) is 0 Å². The van der Waals surface area contributed by atoms with E-state index < -0.39 is 0 Å². The van der Waals surface area contributed by atoms with Crippen LogP contribution in [0.1, 0.15) is 37.8 Å². The Morgan fingerprint density at radius 1 is 1.12 bits per heavy atom. The maximum absolute atomic E-state index is 12.1. The topological polar surface area (TPSA) is 38.3 Å². The van der Waals surface area contributed by atoms with Crippen LogP contribution < -0.4 is 10.1 Å². The maximum atomic E-state index is 12.1. The second-order valence-corrected chi connectivity index (χ2v) is 6.48. The summed E-state index contributed by atoms with van der Waals surface area (Å²) >= 11 is 3.52. The molecule has 0 saturated carbocycles.